The van der Waals surface area contributed by atoms with E-state index in [1.807, 2.05) is 37.3 Å². The molecule has 120 valence electrons. The number of rotatable bonds is 6. The summed E-state index contributed by atoms with van der Waals surface area (Å²) in [6.07, 6.45) is 3.02. The van der Waals surface area contributed by atoms with Gasteiger partial charge in [-0.1, -0.05) is 48.6 Å². The lowest BCUT2D eigenvalue weighted by molar-refractivity contribution is -0.137. The average Bonchev–Trinajstić information content (AvgIpc) is 2.97. The van der Waals surface area contributed by atoms with E-state index in [1.54, 1.807) is 6.92 Å². The third-order valence-corrected chi connectivity index (χ3v) is 4.02. The molecule has 0 saturated heterocycles. The van der Waals surface area contributed by atoms with Gasteiger partial charge in [-0.05, 0) is 18.9 Å². The van der Waals surface area contributed by atoms with Crippen LogP contribution in [0.2, 0.25) is 0 Å². The van der Waals surface area contributed by atoms with Gasteiger partial charge in [0.25, 0.3) is 0 Å². The van der Waals surface area contributed by atoms with Gasteiger partial charge >= 0.3 is 5.97 Å². The summed E-state index contributed by atoms with van der Waals surface area (Å²) in [6.45, 7) is 4.00. The van der Waals surface area contributed by atoms with Crippen LogP contribution >= 0.6 is 11.3 Å². The van der Waals surface area contributed by atoms with E-state index in [9.17, 15) is 9.59 Å². The van der Waals surface area contributed by atoms with Crippen LogP contribution in [0.15, 0.2) is 42.5 Å². The first kappa shape index (κ1) is 16.9. The van der Waals surface area contributed by atoms with Gasteiger partial charge < -0.3 is 4.74 Å². The van der Waals surface area contributed by atoms with E-state index in [-0.39, 0.29) is 6.61 Å². The van der Waals surface area contributed by atoms with Gasteiger partial charge in [-0.3, -0.25) is 10.1 Å². The Morgan fingerprint density at radius 1 is 1.22 bits per heavy atom. The predicted molar refractivity (Wildman–Crippen MR) is 91.3 cm³/mol. The number of ether oxygens (including phenoxy) is 1. The van der Waals surface area contributed by atoms with Crippen molar-refractivity contribution in [2.45, 2.75) is 20.3 Å². The van der Waals surface area contributed by atoms with Gasteiger partial charge in [-0.2, -0.15) is 0 Å². The highest BCUT2D eigenvalue weighted by molar-refractivity contribution is 7.19. The van der Waals surface area contributed by atoms with Crippen LogP contribution in [0.5, 0.6) is 0 Å². The predicted octanol–water partition coefficient (Wildman–Crippen LogP) is 3.43. The number of amides is 1. The van der Waals surface area contributed by atoms with Crippen LogP contribution in [-0.4, -0.2) is 23.5 Å². The molecule has 0 unspecified atom stereocenters. The van der Waals surface area contributed by atoms with Crippen molar-refractivity contribution in [3.63, 3.8) is 0 Å². The van der Waals surface area contributed by atoms with Crippen LogP contribution < -0.4 is 5.32 Å². The lowest BCUT2D eigenvalue weighted by atomic mass is 10.1. The van der Waals surface area contributed by atoms with Gasteiger partial charge in [0.1, 0.15) is 0 Å². The number of carbonyl (C=O) groups is 2. The van der Waals surface area contributed by atoms with E-state index in [0.717, 1.165) is 34.7 Å². The fourth-order valence-corrected chi connectivity index (χ4v) is 3.00. The second-order valence-corrected chi connectivity index (χ2v) is 5.59. The summed E-state index contributed by atoms with van der Waals surface area (Å²) in [4.78, 5) is 28.5. The van der Waals surface area contributed by atoms with Crippen molar-refractivity contribution in [1.82, 2.24) is 4.98 Å². The molecule has 0 saturated carbocycles. The molecule has 0 aliphatic rings. The summed E-state index contributed by atoms with van der Waals surface area (Å²) in [5.74, 6) is -0.949. The third kappa shape index (κ3) is 4.75. The molecule has 6 heteroatoms. The minimum absolute atomic E-state index is 0.275. The third-order valence-electron chi connectivity index (χ3n) is 2.96. The Balaban J connectivity index is 2.11. The SMILES string of the molecule is CCOC(=O)/C=C/C(=O)Nc1nc(CC)c(-c2ccccc2)s1. The number of nitrogens with zero attached hydrogens (tertiary/aromatic N) is 1. The van der Waals surface area contributed by atoms with E-state index >= 15 is 0 Å². The quantitative estimate of drug-likeness (QED) is 0.651. The van der Waals surface area contributed by atoms with Crippen molar-refractivity contribution in [3.05, 3.63) is 48.2 Å². The van der Waals surface area contributed by atoms with Gasteiger partial charge in [-0.15, -0.1) is 0 Å². The first-order chi connectivity index (χ1) is 11.1. The number of hydrogen-bond acceptors (Lipinski definition) is 5. The van der Waals surface area contributed by atoms with Crippen molar-refractivity contribution in [2.75, 3.05) is 11.9 Å². The van der Waals surface area contributed by atoms with Gasteiger partial charge in [0.05, 0.1) is 17.2 Å². The fraction of sp³-hybridized carbons (Fsp3) is 0.235. The molecule has 5 nitrogen and oxygen atoms in total. The number of hydrogen-bond donors (Lipinski definition) is 1. The van der Waals surface area contributed by atoms with E-state index in [2.05, 4.69) is 10.3 Å². The summed E-state index contributed by atoms with van der Waals surface area (Å²) in [6, 6.07) is 9.92. The molecule has 2 rings (SSSR count). The summed E-state index contributed by atoms with van der Waals surface area (Å²) in [5.41, 5.74) is 2.01. The molecule has 1 aromatic carbocycles. The number of benzene rings is 1. The number of anilines is 1. The Morgan fingerprint density at radius 3 is 2.61 bits per heavy atom. The van der Waals surface area contributed by atoms with Crippen LogP contribution in [0.25, 0.3) is 10.4 Å². The molecule has 0 atom stereocenters. The fourth-order valence-electron chi connectivity index (χ4n) is 1.94. The first-order valence-corrected chi connectivity index (χ1v) is 8.16. The molecular weight excluding hydrogens is 312 g/mol. The molecule has 1 amide bonds. The number of nitrogens with one attached hydrogen (secondary N) is 1. The second-order valence-electron chi connectivity index (χ2n) is 4.59. The number of thiazole rings is 1. The molecule has 23 heavy (non-hydrogen) atoms. The standard InChI is InChI=1S/C17H18N2O3S/c1-3-13-16(12-8-6-5-7-9-12)23-17(18-13)19-14(20)10-11-15(21)22-4-2/h5-11H,3-4H2,1-2H3,(H,18,19,20)/b11-10+. The van der Waals surface area contributed by atoms with E-state index in [4.69, 9.17) is 4.74 Å². The zero-order chi connectivity index (χ0) is 16.7. The molecule has 1 aromatic heterocycles. The summed E-state index contributed by atoms with van der Waals surface area (Å²) in [5, 5.41) is 3.19. The van der Waals surface area contributed by atoms with Gasteiger partial charge in [0.15, 0.2) is 5.13 Å². The average molecular weight is 330 g/mol. The van der Waals surface area contributed by atoms with E-state index in [1.165, 1.54) is 11.3 Å². The second kappa shape index (κ2) is 8.24. The number of aromatic nitrogens is 1. The monoisotopic (exact) mass is 330 g/mol. The maximum atomic E-state index is 11.8. The lowest BCUT2D eigenvalue weighted by Gasteiger charge is -1.98. The first-order valence-electron chi connectivity index (χ1n) is 7.35. The number of aryl methyl sites for hydroxylation is 1. The lowest BCUT2D eigenvalue weighted by Crippen LogP contribution is -2.09. The van der Waals surface area contributed by atoms with Crippen molar-refractivity contribution in [1.29, 1.82) is 0 Å². The molecule has 1 N–H and O–H groups in total. The molecule has 0 aliphatic heterocycles. The molecule has 1 heterocycles. The van der Waals surface area contributed by atoms with E-state index < -0.39 is 11.9 Å². The molecule has 0 spiro atoms. The van der Waals surface area contributed by atoms with Crippen molar-refractivity contribution < 1.29 is 14.3 Å². The topological polar surface area (TPSA) is 68.3 Å². The minimum Gasteiger partial charge on any atom is -0.463 e. The zero-order valence-corrected chi connectivity index (χ0v) is 13.9. The van der Waals surface area contributed by atoms with E-state index in [0.29, 0.717) is 5.13 Å². The van der Waals surface area contributed by atoms with Crippen molar-refractivity contribution in [2.24, 2.45) is 0 Å². The Bertz CT molecular complexity index is 708. The Morgan fingerprint density at radius 2 is 1.96 bits per heavy atom. The maximum absolute atomic E-state index is 11.8. The molecule has 0 fully saturated rings. The smallest absolute Gasteiger partial charge is 0.330 e. The van der Waals surface area contributed by atoms with Crippen LogP contribution in [0, 0.1) is 0 Å². The van der Waals surface area contributed by atoms with Crippen LogP contribution in [0.3, 0.4) is 0 Å². The molecule has 0 aliphatic carbocycles. The summed E-state index contributed by atoms with van der Waals surface area (Å²) < 4.78 is 4.72. The van der Waals surface area contributed by atoms with Crippen molar-refractivity contribution >= 4 is 28.3 Å². The number of carbonyl (C=O) groups excluding carboxylic acids is 2. The molecule has 2 aromatic rings. The van der Waals surface area contributed by atoms with Gasteiger partial charge in [0.2, 0.25) is 5.91 Å². The highest BCUT2D eigenvalue weighted by Crippen LogP contribution is 2.33. The normalized spacial score (nSPS) is 10.7. The minimum atomic E-state index is -0.541. The van der Waals surface area contributed by atoms with Crippen LogP contribution in [-0.2, 0) is 20.7 Å². The Hall–Kier alpha value is -2.47. The zero-order valence-electron chi connectivity index (χ0n) is 13.0. The van der Waals surface area contributed by atoms with Crippen LogP contribution in [0.1, 0.15) is 19.5 Å². The molecule has 0 bridgehead atoms. The summed E-state index contributed by atoms with van der Waals surface area (Å²) >= 11 is 1.42. The number of esters is 1. The highest BCUT2D eigenvalue weighted by atomic mass is 32.1. The highest BCUT2D eigenvalue weighted by Gasteiger charge is 2.12. The van der Waals surface area contributed by atoms with Gasteiger partial charge in [0, 0.05) is 12.2 Å². The largest absolute Gasteiger partial charge is 0.463 e. The molecule has 0 radical (unpaired) electrons. The Labute approximate surface area is 139 Å². The van der Waals surface area contributed by atoms with Crippen molar-refractivity contribution in [3.8, 4) is 10.4 Å². The Kier molecular flexibility index (Phi) is 6.05. The maximum Gasteiger partial charge on any atom is 0.330 e. The molecular formula is C17H18N2O3S. The summed E-state index contributed by atoms with van der Waals surface area (Å²) in [7, 11) is 0. The van der Waals surface area contributed by atoms with Crippen LogP contribution in [0.4, 0.5) is 5.13 Å². The van der Waals surface area contributed by atoms with Gasteiger partial charge in [-0.25, -0.2) is 9.78 Å².